The number of hydrogen-bond acceptors (Lipinski definition) is 3. The highest BCUT2D eigenvalue weighted by Crippen LogP contribution is 2.33. The van der Waals surface area contributed by atoms with Gasteiger partial charge >= 0.3 is 5.97 Å². The van der Waals surface area contributed by atoms with Crippen molar-refractivity contribution >= 4 is 18.4 Å². The topological polar surface area (TPSA) is 67.1 Å². The summed E-state index contributed by atoms with van der Waals surface area (Å²) < 4.78 is 28.0. The molecule has 1 aliphatic heterocycles. The second kappa shape index (κ2) is 4.97. The molecule has 96 valence electrons. The van der Waals surface area contributed by atoms with Crippen LogP contribution in [-0.4, -0.2) is 39.9 Å². The third-order valence-electron chi connectivity index (χ3n) is 2.61. The molecule has 1 atom stereocenters. The average molecular weight is 268 g/mol. The number of carbonyl (C=O) groups is 1. The average Bonchev–Trinajstić information content (AvgIpc) is 2.65. The molecule has 1 aliphatic rings. The molecule has 0 radical (unpaired) electrons. The number of alkyl halides is 2. The SMILES string of the molecule is Cl.O=C(O)c1cnn(C2CCNCC2(F)F)c1. The van der Waals surface area contributed by atoms with E-state index in [1.165, 1.54) is 0 Å². The normalized spacial score (nSPS) is 22.8. The summed E-state index contributed by atoms with van der Waals surface area (Å²) in [6.07, 6.45) is 2.46. The van der Waals surface area contributed by atoms with Crippen LogP contribution in [0.4, 0.5) is 8.78 Å². The molecule has 0 saturated carbocycles. The summed E-state index contributed by atoms with van der Waals surface area (Å²) in [6.45, 7) is 0.0719. The minimum Gasteiger partial charge on any atom is -0.478 e. The lowest BCUT2D eigenvalue weighted by molar-refractivity contribution is -0.0697. The number of nitrogens with zero attached hydrogens (tertiary/aromatic N) is 2. The van der Waals surface area contributed by atoms with Crippen LogP contribution >= 0.6 is 12.4 Å². The Kier molecular flexibility index (Phi) is 4.05. The van der Waals surface area contributed by atoms with E-state index in [4.69, 9.17) is 5.11 Å². The first kappa shape index (κ1) is 13.9. The quantitative estimate of drug-likeness (QED) is 0.844. The molecular weight excluding hydrogens is 256 g/mol. The number of rotatable bonds is 2. The predicted octanol–water partition coefficient (Wildman–Crippen LogP) is 1.17. The van der Waals surface area contributed by atoms with Gasteiger partial charge in [-0.15, -0.1) is 12.4 Å². The highest BCUT2D eigenvalue weighted by atomic mass is 35.5. The van der Waals surface area contributed by atoms with Crippen LogP contribution in [-0.2, 0) is 0 Å². The lowest BCUT2D eigenvalue weighted by Crippen LogP contribution is -2.47. The van der Waals surface area contributed by atoms with Crippen LogP contribution in [0.3, 0.4) is 0 Å². The molecule has 1 aromatic heterocycles. The van der Waals surface area contributed by atoms with Crippen LogP contribution < -0.4 is 5.32 Å². The molecule has 5 nitrogen and oxygen atoms in total. The highest BCUT2D eigenvalue weighted by Gasteiger charge is 2.43. The van der Waals surface area contributed by atoms with Crippen molar-refractivity contribution in [3.8, 4) is 0 Å². The first-order valence-electron chi connectivity index (χ1n) is 4.87. The zero-order valence-corrected chi connectivity index (χ0v) is 9.58. The number of aromatic carboxylic acids is 1. The Hall–Kier alpha value is -1.21. The molecule has 0 aliphatic carbocycles. The summed E-state index contributed by atoms with van der Waals surface area (Å²) in [5.74, 6) is -4.07. The number of carboxylic acids is 1. The maximum absolute atomic E-state index is 13.5. The zero-order chi connectivity index (χ0) is 11.8. The van der Waals surface area contributed by atoms with Crippen LogP contribution in [0, 0.1) is 0 Å². The molecular formula is C9H12ClF2N3O2. The third kappa shape index (κ3) is 2.73. The largest absolute Gasteiger partial charge is 0.478 e. The van der Waals surface area contributed by atoms with Gasteiger partial charge in [-0.05, 0) is 13.0 Å². The summed E-state index contributed by atoms with van der Waals surface area (Å²) in [5.41, 5.74) is -0.0747. The fourth-order valence-electron chi connectivity index (χ4n) is 1.77. The molecule has 0 amide bonds. The van der Waals surface area contributed by atoms with Crippen molar-refractivity contribution < 1.29 is 18.7 Å². The van der Waals surface area contributed by atoms with Crippen molar-refractivity contribution in [2.45, 2.75) is 18.4 Å². The number of halogens is 3. The number of nitrogens with one attached hydrogen (secondary N) is 1. The molecule has 1 unspecified atom stereocenters. The molecule has 0 aromatic carbocycles. The van der Waals surface area contributed by atoms with Crippen molar-refractivity contribution in [3.05, 3.63) is 18.0 Å². The van der Waals surface area contributed by atoms with Gasteiger partial charge in [0.25, 0.3) is 5.92 Å². The standard InChI is InChI=1S/C9H11F2N3O2.ClH/c10-9(11)5-12-2-1-7(9)14-4-6(3-13-14)8(15)16;/h3-4,7,12H,1-2,5H2,(H,15,16);1H. The van der Waals surface area contributed by atoms with E-state index in [0.29, 0.717) is 6.54 Å². The second-order valence-corrected chi connectivity index (χ2v) is 3.76. The first-order chi connectivity index (χ1) is 7.50. The van der Waals surface area contributed by atoms with Crippen LogP contribution in [0.15, 0.2) is 12.4 Å². The molecule has 2 heterocycles. The Morgan fingerprint density at radius 2 is 2.35 bits per heavy atom. The van der Waals surface area contributed by atoms with Gasteiger partial charge in [-0.3, -0.25) is 4.68 Å². The van der Waals surface area contributed by atoms with E-state index in [2.05, 4.69) is 10.4 Å². The molecule has 1 fully saturated rings. The summed E-state index contributed by atoms with van der Waals surface area (Å²) in [6, 6.07) is -1.07. The van der Waals surface area contributed by atoms with Gasteiger partial charge < -0.3 is 10.4 Å². The Bertz CT molecular complexity index is 411. The van der Waals surface area contributed by atoms with E-state index in [-0.39, 0.29) is 24.4 Å². The predicted molar refractivity (Wildman–Crippen MR) is 57.9 cm³/mol. The lowest BCUT2D eigenvalue weighted by atomic mass is 10.0. The van der Waals surface area contributed by atoms with Gasteiger partial charge in [-0.1, -0.05) is 0 Å². The number of aromatic nitrogens is 2. The van der Waals surface area contributed by atoms with Crippen LogP contribution in [0.25, 0.3) is 0 Å². The summed E-state index contributed by atoms with van der Waals surface area (Å²) in [4.78, 5) is 10.6. The monoisotopic (exact) mass is 267 g/mol. The van der Waals surface area contributed by atoms with Crippen molar-refractivity contribution in [1.29, 1.82) is 0 Å². The van der Waals surface area contributed by atoms with E-state index in [0.717, 1.165) is 17.1 Å². The van der Waals surface area contributed by atoms with E-state index in [9.17, 15) is 13.6 Å². The van der Waals surface area contributed by atoms with E-state index in [1.54, 1.807) is 0 Å². The number of carboxylic acid groups (broad SMARTS) is 1. The Labute approximate surface area is 102 Å². The minimum atomic E-state index is -2.90. The van der Waals surface area contributed by atoms with Crippen LogP contribution in [0.5, 0.6) is 0 Å². The van der Waals surface area contributed by atoms with Crippen molar-refractivity contribution in [1.82, 2.24) is 15.1 Å². The molecule has 0 bridgehead atoms. The van der Waals surface area contributed by atoms with Gasteiger partial charge in [0.1, 0.15) is 6.04 Å². The maximum atomic E-state index is 13.5. The van der Waals surface area contributed by atoms with Crippen molar-refractivity contribution in [3.63, 3.8) is 0 Å². The summed E-state index contributed by atoms with van der Waals surface area (Å²) in [5, 5.41) is 15.0. The molecule has 1 saturated heterocycles. The molecule has 0 spiro atoms. The molecule has 2 rings (SSSR count). The van der Waals surface area contributed by atoms with E-state index >= 15 is 0 Å². The Balaban J connectivity index is 0.00000144. The molecule has 17 heavy (non-hydrogen) atoms. The third-order valence-corrected chi connectivity index (χ3v) is 2.61. The molecule has 2 N–H and O–H groups in total. The second-order valence-electron chi connectivity index (χ2n) is 3.76. The number of piperidine rings is 1. The Morgan fingerprint density at radius 1 is 1.65 bits per heavy atom. The Morgan fingerprint density at radius 3 is 2.88 bits per heavy atom. The van der Waals surface area contributed by atoms with Gasteiger partial charge in [0, 0.05) is 6.20 Å². The van der Waals surface area contributed by atoms with E-state index in [1.807, 2.05) is 0 Å². The van der Waals surface area contributed by atoms with Crippen molar-refractivity contribution in [2.24, 2.45) is 0 Å². The summed E-state index contributed by atoms with van der Waals surface area (Å²) in [7, 11) is 0. The molecule has 1 aromatic rings. The van der Waals surface area contributed by atoms with E-state index < -0.39 is 24.5 Å². The zero-order valence-electron chi connectivity index (χ0n) is 8.77. The fourth-order valence-corrected chi connectivity index (χ4v) is 1.77. The van der Waals surface area contributed by atoms with Gasteiger partial charge in [-0.2, -0.15) is 5.10 Å². The number of hydrogen-bond donors (Lipinski definition) is 2. The van der Waals surface area contributed by atoms with Gasteiger partial charge in [0.15, 0.2) is 0 Å². The fraction of sp³-hybridized carbons (Fsp3) is 0.556. The van der Waals surface area contributed by atoms with Crippen LogP contribution in [0.1, 0.15) is 22.8 Å². The summed E-state index contributed by atoms with van der Waals surface area (Å²) >= 11 is 0. The van der Waals surface area contributed by atoms with Crippen molar-refractivity contribution in [2.75, 3.05) is 13.1 Å². The highest BCUT2D eigenvalue weighted by molar-refractivity contribution is 5.86. The van der Waals surface area contributed by atoms with Gasteiger partial charge in [0.2, 0.25) is 0 Å². The maximum Gasteiger partial charge on any atom is 0.338 e. The minimum absolute atomic E-state index is 0. The first-order valence-corrected chi connectivity index (χ1v) is 4.87. The van der Waals surface area contributed by atoms with Gasteiger partial charge in [0.05, 0.1) is 18.3 Å². The smallest absolute Gasteiger partial charge is 0.338 e. The van der Waals surface area contributed by atoms with Gasteiger partial charge in [-0.25, -0.2) is 13.6 Å². The lowest BCUT2D eigenvalue weighted by Gasteiger charge is -2.31. The van der Waals surface area contributed by atoms with Crippen LogP contribution in [0.2, 0.25) is 0 Å². The molecule has 8 heteroatoms.